The fraction of sp³-hybridized carbons (Fsp3) is 0.238. The standard InChI is InChI=1S/C21H20FN3O4/c1-14(20(27)24-13-11-15-2-6-17(22)7-3-15)29-21(28)16-4-8-18(9-5-16)25-19(26)10-12-23/h2-9,14H,10-11,13H2,1H3,(H,24,27)(H,25,26)/t14-/m0/s1. The average molecular weight is 397 g/mol. The van der Waals surface area contributed by atoms with E-state index in [9.17, 15) is 18.8 Å². The highest BCUT2D eigenvalue weighted by molar-refractivity contribution is 5.94. The number of hydrogen-bond donors (Lipinski definition) is 2. The largest absolute Gasteiger partial charge is 0.449 e. The van der Waals surface area contributed by atoms with Crippen molar-refractivity contribution in [2.24, 2.45) is 0 Å². The van der Waals surface area contributed by atoms with Crippen molar-refractivity contribution >= 4 is 23.5 Å². The molecule has 0 aliphatic carbocycles. The molecule has 0 aliphatic rings. The number of hydrogen-bond acceptors (Lipinski definition) is 5. The number of nitrogens with one attached hydrogen (secondary N) is 2. The van der Waals surface area contributed by atoms with Crippen molar-refractivity contribution in [3.63, 3.8) is 0 Å². The molecule has 2 aromatic carbocycles. The lowest BCUT2D eigenvalue weighted by molar-refractivity contribution is -0.129. The molecule has 2 N–H and O–H groups in total. The lowest BCUT2D eigenvalue weighted by Crippen LogP contribution is -2.36. The first kappa shape index (κ1) is 21.6. The van der Waals surface area contributed by atoms with Gasteiger partial charge < -0.3 is 15.4 Å². The highest BCUT2D eigenvalue weighted by Gasteiger charge is 2.18. The van der Waals surface area contributed by atoms with Gasteiger partial charge in [-0.1, -0.05) is 12.1 Å². The molecule has 0 aromatic heterocycles. The Morgan fingerprint density at radius 2 is 1.76 bits per heavy atom. The number of ether oxygens (including phenoxy) is 1. The third-order valence-corrected chi connectivity index (χ3v) is 3.92. The van der Waals surface area contributed by atoms with Crippen molar-refractivity contribution in [1.29, 1.82) is 5.26 Å². The fourth-order valence-corrected chi connectivity index (χ4v) is 2.37. The van der Waals surface area contributed by atoms with Gasteiger partial charge in [-0.25, -0.2) is 9.18 Å². The SMILES string of the molecule is C[C@H](OC(=O)c1ccc(NC(=O)CC#N)cc1)C(=O)NCCc1ccc(F)cc1. The maximum Gasteiger partial charge on any atom is 0.338 e. The van der Waals surface area contributed by atoms with E-state index in [2.05, 4.69) is 10.6 Å². The maximum atomic E-state index is 12.9. The monoisotopic (exact) mass is 397 g/mol. The summed E-state index contributed by atoms with van der Waals surface area (Å²) < 4.78 is 18.0. The van der Waals surface area contributed by atoms with E-state index in [1.165, 1.54) is 43.3 Å². The number of rotatable bonds is 8. The van der Waals surface area contributed by atoms with Crippen molar-refractivity contribution < 1.29 is 23.5 Å². The Hall–Kier alpha value is -3.73. The Morgan fingerprint density at radius 1 is 1.10 bits per heavy atom. The lowest BCUT2D eigenvalue weighted by Gasteiger charge is -2.14. The first-order valence-corrected chi connectivity index (χ1v) is 8.89. The van der Waals surface area contributed by atoms with E-state index in [0.29, 0.717) is 18.7 Å². The Bertz CT molecular complexity index is 905. The zero-order valence-electron chi connectivity index (χ0n) is 15.8. The normalized spacial score (nSPS) is 11.1. The Morgan fingerprint density at radius 3 is 2.38 bits per heavy atom. The van der Waals surface area contributed by atoms with Gasteiger partial charge in [-0.2, -0.15) is 5.26 Å². The number of carbonyl (C=O) groups excluding carboxylic acids is 3. The van der Waals surface area contributed by atoms with Gasteiger partial charge >= 0.3 is 5.97 Å². The number of nitrogens with zero attached hydrogens (tertiary/aromatic N) is 1. The van der Waals surface area contributed by atoms with Crippen molar-refractivity contribution in [2.75, 3.05) is 11.9 Å². The van der Waals surface area contributed by atoms with Gasteiger partial charge in [0.15, 0.2) is 6.10 Å². The van der Waals surface area contributed by atoms with Crippen LogP contribution in [0.1, 0.15) is 29.3 Å². The predicted molar refractivity (Wildman–Crippen MR) is 103 cm³/mol. The molecule has 2 aromatic rings. The Kier molecular flexibility index (Phi) is 7.86. The lowest BCUT2D eigenvalue weighted by atomic mass is 10.1. The summed E-state index contributed by atoms with van der Waals surface area (Å²) in [6.45, 7) is 1.78. The van der Waals surface area contributed by atoms with Crippen LogP contribution in [0.5, 0.6) is 0 Å². The predicted octanol–water partition coefficient (Wildman–Crippen LogP) is 2.58. The first-order chi connectivity index (χ1) is 13.9. The zero-order valence-corrected chi connectivity index (χ0v) is 15.8. The topological polar surface area (TPSA) is 108 Å². The van der Waals surface area contributed by atoms with Crippen LogP contribution in [0.25, 0.3) is 0 Å². The van der Waals surface area contributed by atoms with E-state index in [-0.39, 0.29) is 17.8 Å². The first-order valence-electron chi connectivity index (χ1n) is 8.89. The van der Waals surface area contributed by atoms with Crippen LogP contribution in [0.15, 0.2) is 48.5 Å². The number of carbonyl (C=O) groups is 3. The summed E-state index contributed by atoms with van der Waals surface area (Å²) in [5.41, 5.74) is 1.53. The molecule has 1 atom stereocenters. The van der Waals surface area contributed by atoms with E-state index in [1.807, 2.05) is 0 Å². The maximum absolute atomic E-state index is 12.9. The summed E-state index contributed by atoms with van der Waals surface area (Å²) in [6.07, 6.45) is -0.741. The molecule has 0 saturated heterocycles. The van der Waals surface area contributed by atoms with Crippen LogP contribution in [0.2, 0.25) is 0 Å². The van der Waals surface area contributed by atoms with Gasteiger partial charge in [-0.05, 0) is 55.3 Å². The molecule has 0 spiro atoms. The molecule has 2 amide bonds. The van der Waals surface area contributed by atoms with Gasteiger partial charge in [-0.15, -0.1) is 0 Å². The van der Waals surface area contributed by atoms with Crippen LogP contribution in [-0.4, -0.2) is 30.4 Å². The summed E-state index contributed by atoms with van der Waals surface area (Å²) in [7, 11) is 0. The Balaban J connectivity index is 1.79. The van der Waals surface area contributed by atoms with E-state index >= 15 is 0 Å². The average Bonchev–Trinajstić information content (AvgIpc) is 2.70. The summed E-state index contributed by atoms with van der Waals surface area (Å²) in [5, 5.41) is 13.6. The van der Waals surface area contributed by atoms with Gasteiger partial charge in [-0.3, -0.25) is 9.59 Å². The second kappa shape index (κ2) is 10.6. The van der Waals surface area contributed by atoms with Gasteiger partial charge in [0.05, 0.1) is 11.6 Å². The molecule has 2 rings (SSSR count). The highest BCUT2D eigenvalue weighted by Crippen LogP contribution is 2.12. The molecule has 150 valence electrons. The van der Waals surface area contributed by atoms with Crippen LogP contribution in [-0.2, 0) is 20.7 Å². The Labute approximate surface area is 167 Å². The van der Waals surface area contributed by atoms with Crippen LogP contribution in [0.4, 0.5) is 10.1 Å². The smallest absolute Gasteiger partial charge is 0.338 e. The number of halogens is 1. The highest BCUT2D eigenvalue weighted by atomic mass is 19.1. The fourth-order valence-electron chi connectivity index (χ4n) is 2.37. The molecule has 0 heterocycles. The van der Waals surface area contributed by atoms with E-state index in [1.54, 1.807) is 18.2 Å². The molecule has 0 aliphatic heterocycles. The number of nitriles is 1. The van der Waals surface area contributed by atoms with Crippen LogP contribution >= 0.6 is 0 Å². The number of amides is 2. The minimum atomic E-state index is -0.995. The molecular weight excluding hydrogens is 377 g/mol. The molecule has 0 fully saturated rings. The second-order valence-electron chi connectivity index (χ2n) is 6.18. The van der Waals surface area contributed by atoms with Gasteiger partial charge in [0.1, 0.15) is 12.2 Å². The summed E-state index contributed by atoms with van der Waals surface area (Å²) in [6, 6.07) is 13.6. The number of benzene rings is 2. The quantitative estimate of drug-likeness (QED) is 0.666. The summed E-state index contributed by atoms with van der Waals surface area (Å²) in [4.78, 5) is 35.6. The molecule has 29 heavy (non-hydrogen) atoms. The van der Waals surface area contributed by atoms with Crippen LogP contribution in [0.3, 0.4) is 0 Å². The zero-order chi connectivity index (χ0) is 21.2. The van der Waals surface area contributed by atoms with Gasteiger partial charge in [0.2, 0.25) is 5.91 Å². The van der Waals surface area contributed by atoms with Crippen molar-refractivity contribution in [2.45, 2.75) is 25.9 Å². The van der Waals surface area contributed by atoms with E-state index in [4.69, 9.17) is 10.00 Å². The molecule has 0 saturated carbocycles. The summed E-state index contributed by atoms with van der Waals surface area (Å²) in [5.74, 6) is -1.90. The van der Waals surface area contributed by atoms with Crippen molar-refractivity contribution in [1.82, 2.24) is 5.32 Å². The van der Waals surface area contributed by atoms with Gasteiger partial charge in [0, 0.05) is 12.2 Å². The van der Waals surface area contributed by atoms with Crippen molar-refractivity contribution in [3.05, 3.63) is 65.5 Å². The van der Waals surface area contributed by atoms with E-state index < -0.39 is 23.9 Å². The minimum absolute atomic E-state index is 0.217. The number of anilines is 1. The third kappa shape index (κ3) is 7.07. The van der Waals surface area contributed by atoms with Gasteiger partial charge in [0.25, 0.3) is 5.91 Å². The third-order valence-electron chi connectivity index (χ3n) is 3.92. The van der Waals surface area contributed by atoms with E-state index in [0.717, 1.165) is 5.56 Å². The summed E-state index contributed by atoms with van der Waals surface area (Å²) >= 11 is 0. The number of esters is 1. The van der Waals surface area contributed by atoms with Crippen molar-refractivity contribution in [3.8, 4) is 6.07 Å². The molecule has 0 bridgehead atoms. The molecule has 8 heteroatoms. The molecule has 0 radical (unpaired) electrons. The minimum Gasteiger partial charge on any atom is -0.449 e. The van der Waals surface area contributed by atoms with Crippen LogP contribution < -0.4 is 10.6 Å². The van der Waals surface area contributed by atoms with Crippen LogP contribution in [0, 0.1) is 17.1 Å². The molecule has 7 nitrogen and oxygen atoms in total. The second-order valence-corrected chi connectivity index (χ2v) is 6.18. The molecular formula is C21H20FN3O4. The molecule has 0 unspecified atom stereocenters.